The van der Waals surface area contributed by atoms with Crippen LogP contribution < -0.4 is 10.1 Å². The van der Waals surface area contributed by atoms with E-state index in [0.29, 0.717) is 13.2 Å². The van der Waals surface area contributed by atoms with Crippen LogP contribution in [0.4, 0.5) is 0 Å². The first-order valence-corrected chi connectivity index (χ1v) is 7.00. The molecule has 0 aliphatic carbocycles. The van der Waals surface area contributed by atoms with Crippen molar-refractivity contribution >= 4 is 0 Å². The SMILES string of the molecule is OCCCCCCNCC(O)COc1ccccc1. The Morgan fingerprint density at radius 1 is 1.05 bits per heavy atom. The molecule has 0 aromatic heterocycles. The topological polar surface area (TPSA) is 61.7 Å². The van der Waals surface area contributed by atoms with E-state index in [1.54, 1.807) is 0 Å². The van der Waals surface area contributed by atoms with Crippen LogP contribution >= 0.6 is 0 Å². The molecule has 0 heterocycles. The smallest absolute Gasteiger partial charge is 0.119 e. The Morgan fingerprint density at radius 2 is 1.79 bits per heavy atom. The molecule has 0 saturated carbocycles. The lowest BCUT2D eigenvalue weighted by Gasteiger charge is -2.13. The summed E-state index contributed by atoms with van der Waals surface area (Å²) in [4.78, 5) is 0. The molecule has 1 atom stereocenters. The van der Waals surface area contributed by atoms with Gasteiger partial charge in [0.1, 0.15) is 18.5 Å². The zero-order valence-corrected chi connectivity index (χ0v) is 11.4. The lowest BCUT2D eigenvalue weighted by Crippen LogP contribution is -2.32. The molecule has 0 fully saturated rings. The van der Waals surface area contributed by atoms with Crippen LogP contribution in [-0.2, 0) is 0 Å². The average Bonchev–Trinajstić information content (AvgIpc) is 2.45. The van der Waals surface area contributed by atoms with Gasteiger partial charge in [-0.2, -0.15) is 0 Å². The molecule has 0 saturated heterocycles. The highest BCUT2D eigenvalue weighted by atomic mass is 16.5. The number of rotatable bonds is 11. The molecule has 1 aromatic carbocycles. The molecule has 0 spiro atoms. The van der Waals surface area contributed by atoms with Gasteiger partial charge in [-0.3, -0.25) is 0 Å². The molecule has 0 radical (unpaired) electrons. The Morgan fingerprint density at radius 3 is 2.53 bits per heavy atom. The molecule has 4 nitrogen and oxygen atoms in total. The van der Waals surface area contributed by atoms with Crippen LogP contribution in [0.5, 0.6) is 5.75 Å². The standard InChI is InChI=1S/C15H25NO3/c17-11-7-2-1-6-10-16-12-14(18)13-19-15-8-4-3-5-9-15/h3-5,8-9,14,16-18H,1-2,6-7,10-13H2. The number of unbranched alkanes of at least 4 members (excludes halogenated alkanes) is 3. The van der Waals surface area contributed by atoms with Crippen LogP contribution in [0.25, 0.3) is 0 Å². The van der Waals surface area contributed by atoms with E-state index >= 15 is 0 Å². The predicted octanol–water partition coefficient (Wildman–Crippen LogP) is 1.57. The van der Waals surface area contributed by atoms with E-state index < -0.39 is 6.10 Å². The van der Waals surface area contributed by atoms with Crippen LogP contribution in [0.1, 0.15) is 25.7 Å². The monoisotopic (exact) mass is 267 g/mol. The lowest BCUT2D eigenvalue weighted by molar-refractivity contribution is 0.106. The minimum atomic E-state index is -0.488. The molecule has 19 heavy (non-hydrogen) atoms. The predicted molar refractivity (Wildman–Crippen MR) is 76.4 cm³/mol. The first-order valence-electron chi connectivity index (χ1n) is 7.00. The van der Waals surface area contributed by atoms with Gasteiger partial charge in [0.25, 0.3) is 0 Å². The Labute approximate surface area is 115 Å². The number of aliphatic hydroxyl groups excluding tert-OH is 2. The van der Waals surface area contributed by atoms with Crippen LogP contribution in [0, 0.1) is 0 Å². The van der Waals surface area contributed by atoms with Gasteiger partial charge in [-0.25, -0.2) is 0 Å². The second kappa shape index (κ2) is 10.8. The van der Waals surface area contributed by atoms with Gasteiger partial charge in [0.2, 0.25) is 0 Å². The van der Waals surface area contributed by atoms with Gasteiger partial charge in [-0.15, -0.1) is 0 Å². The molecule has 3 N–H and O–H groups in total. The van der Waals surface area contributed by atoms with E-state index in [-0.39, 0.29) is 6.61 Å². The summed E-state index contributed by atoms with van der Waals surface area (Å²) in [5.41, 5.74) is 0. The fourth-order valence-electron chi connectivity index (χ4n) is 1.75. The van der Waals surface area contributed by atoms with Crippen molar-refractivity contribution in [2.24, 2.45) is 0 Å². The van der Waals surface area contributed by atoms with Gasteiger partial charge in [0.15, 0.2) is 0 Å². The van der Waals surface area contributed by atoms with Crippen LogP contribution in [0.2, 0.25) is 0 Å². The van der Waals surface area contributed by atoms with Gasteiger partial charge < -0.3 is 20.3 Å². The summed E-state index contributed by atoms with van der Waals surface area (Å²) in [5, 5.41) is 21.6. The fraction of sp³-hybridized carbons (Fsp3) is 0.600. The van der Waals surface area contributed by atoms with E-state index in [4.69, 9.17) is 9.84 Å². The summed E-state index contributed by atoms with van der Waals surface area (Å²) in [5.74, 6) is 0.783. The Bertz CT molecular complexity index is 306. The molecule has 1 aromatic rings. The molecule has 4 heteroatoms. The first kappa shape index (κ1) is 16.0. The van der Waals surface area contributed by atoms with Crippen molar-refractivity contribution in [1.82, 2.24) is 5.32 Å². The Balaban J connectivity index is 1.95. The van der Waals surface area contributed by atoms with E-state index in [1.165, 1.54) is 0 Å². The van der Waals surface area contributed by atoms with Gasteiger partial charge in [-0.05, 0) is 31.5 Å². The largest absolute Gasteiger partial charge is 0.491 e. The molecule has 0 bridgehead atoms. The minimum absolute atomic E-state index is 0.281. The number of benzene rings is 1. The molecular formula is C15H25NO3. The van der Waals surface area contributed by atoms with E-state index in [2.05, 4.69) is 5.32 Å². The third-order valence-electron chi connectivity index (χ3n) is 2.83. The molecule has 0 aliphatic rings. The van der Waals surface area contributed by atoms with Crippen molar-refractivity contribution in [2.45, 2.75) is 31.8 Å². The second-order valence-electron chi connectivity index (χ2n) is 4.62. The quantitative estimate of drug-likeness (QED) is 0.533. The number of para-hydroxylation sites is 1. The van der Waals surface area contributed by atoms with Crippen LogP contribution in [0.3, 0.4) is 0 Å². The first-order chi connectivity index (χ1) is 9.33. The third kappa shape index (κ3) is 8.59. The average molecular weight is 267 g/mol. The molecule has 0 aliphatic heterocycles. The van der Waals surface area contributed by atoms with Crippen molar-refractivity contribution in [3.63, 3.8) is 0 Å². The van der Waals surface area contributed by atoms with Crippen LogP contribution in [-0.4, -0.2) is 42.6 Å². The summed E-state index contributed by atoms with van der Waals surface area (Å²) >= 11 is 0. The maximum Gasteiger partial charge on any atom is 0.119 e. The van der Waals surface area contributed by atoms with Gasteiger partial charge >= 0.3 is 0 Å². The Kier molecular flexibility index (Phi) is 9.06. The molecule has 108 valence electrons. The molecule has 0 amide bonds. The number of hydrogen-bond donors (Lipinski definition) is 3. The second-order valence-corrected chi connectivity index (χ2v) is 4.62. The summed E-state index contributed by atoms with van der Waals surface area (Å²) in [7, 11) is 0. The van der Waals surface area contributed by atoms with Crippen molar-refractivity contribution in [1.29, 1.82) is 0 Å². The normalized spacial score (nSPS) is 12.3. The zero-order chi connectivity index (χ0) is 13.8. The lowest BCUT2D eigenvalue weighted by atomic mass is 10.2. The Hall–Kier alpha value is -1.10. The summed E-state index contributed by atoms with van der Waals surface area (Å²) in [6.45, 7) is 2.03. The van der Waals surface area contributed by atoms with E-state index in [0.717, 1.165) is 38.0 Å². The third-order valence-corrected chi connectivity index (χ3v) is 2.83. The van der Waals surface area contributed by atoms with Crippen molar-refractivity contribution < 1.29 is 14.9 Å². The fourth-order valence-corrected chi connectivity index (χ4v) is 1.75. The van der Waals surface area contributed by atoms with Crippen molar-refractivity contribution in [3.8, 4) is 5.75 Å². The number of hydrogen-bond acceptors (Lipinski definition) is 4. The van der Waals surface area contributed by atoms with Gasteiger partial charge in [0.05, 0.1) is 0 Å². The van der Waals surface area contributed by atoms with Gasteiger partial charge in [0, 0.05) is 13.2 Å². The van der Waals surface area contributed by atoms with E-state index in [1.807, 2.05) is 30.3 Å². The van der Waals surface area contributed by atoms with Gasteiger partial charge in [-0.1, -0.05) is 31.0 Å². The maximum atomic E-state index is 9.73. The minimum Gasteiger partial charge on any atom is -0.491 e. The zero-order valence-electron chi connectivity index (χ0n) is 11.4. The number of nitrogens with one attached hydrogen (secondary N) is 1. The highest BCUT2D eigenvalue weighted by molar-refractivity contribution is 5.20. The summed E-state index contributed by atoms with van der Waals surface area (Å²) in [6, 6.07) is 9.50. The molecule has 1 unspecified atom stereocenters. The van der Waals surface area contributed by atoms with E-state index in [9.17, 15) is 5.11 Å². The number of ether oxygens (including phenoxy) is 1. The molecule has 1 rings (SSSR count). The maximum absolute atomic E-state index is 9.73. The van der Waals surface area contributed by atoms with Crippen molar-refractivity contribution in [3.05, 3.63) is 30.3 Å². The summed E-state index contributed by atoms with van der Waals surface area (Å²) in [6.07, 6.45) is 3.65. The number of aliphatic hydroxyl groups is 2. The highest BCUT2D eigenvalue weighted by Crippen LogP contribution is 2.08. The van der Waals surface area contributed by atoms with Crippen LogP contribution in [0.15, 0.2) is 30.3 Å². The summed E-state index contributed by atoms with van der Waals surface area (Å²) < 4.78 is 5.46. The van der Waals surface area contributed by atoms with Crippen molar-refractivity contribution in [2.75, 3.05) is 26.3 Å². The highest BCUT2D eigenvalue weighted by Gasteiger charge is 2.04. The molecular weight excluding hydrogens is 242 g/mol.